The molecule has 6 heteroatoms. The number of anilines is 1. The fraction of sp³-hybridized carbons (Fsp3) is 0.200. The highest BCUT2D eigenvalue weighted by Gasteiger charge is 2.03. The van der Waals surface area contributed by atoms with Crippen LogP contribution in [0.4, 0.5) is 10.6 Å². The lowest BCUT2D eigenvalue weighted by molar-refractivity contribution is 0.234. The molecule has 110 valence electrons. The highest BCUT2D eigenvalue weighted by molar-refractivity contribution is 6.30. The summed E-state index contributed by atoms with van der Waals surface area (Å²) in [7, 11) is 0. The molecule has 0 radical (unpaired) electrons. The van der Waals surface area contributed by atoms with Crippen LogP contribution in [0.25, 0.3) is 0 Å². The monoisotopic (exact) mass is 305 g/mol. The molecule has 2 N–H and O–H groups in total. The molecule has 0 saturated heterocycles. The lowest BCUT2D eigenvalue weighted by atomic mass is 10.1. The molecule has 0 fully saturated rings. The summed E-state index contributed by atoms with van der Waals surface area (Å²) in [5.41, 5.74) is 2.33. The number of hydrogen-bond acceptors (Lipinski definition) is 3. The number of nitrogens with one attached hydrogen (secondary N) is 2. The minimum Gasteiger partial charge on any atom is -0.473 e. The van der Waals surface area contributed by atoms with Crippen LogP contribution in [-0.2, 0) is 0 Å². The second kappa shape index (κ2) is 6.95. The van der Waals surface area contributed by atoms with Crippen molar-refractivity contribution in [3.8, 4) is 5.75 Å². The Bertz CT molecular complexity index is 647. The van der Waals surface area contributed by atoms with Gasteiger partial charge in [0, 0.05) is 11.2 Å². The number of nitrogens with zero attached hydrogens (tertiary/aromatic N) is 1. The Morgan fingerprint density at radius 3 is 2.76 bits per heavy atom. The van der Waals surface area contributed by atoms with Gasteiger partial charge in [-0.05, 0) is 49.2 Å². The number of hydrogen-bond donors (Lipinski definition) is 2. The highest BCUT2D eigenvalue weighted by atomic mass is 35.5. The van der Waals surface area contributed by atoms with Gasteiger partial charge in [-0.2, -0.15) is 0 Å². The maximum atomic E-state index is 11.6. The number of amides is 2. The number of carbonyl (C=O) groups excluding carboxylic acids is 1. The van der Waals surface area contributed by atoms with E-state index in [4.69, 9.17) is 16.3 Å². The molecule has 0 spiro atoms. The van der Waals surface area contributed by atoms with Crippen LogP contribution in [0.2, 0.25) is 5.02 Å². The van der Waals surface area contributed by atoms with Gasteiger partial charge in [0.2, 0.25) is 0 Å². The summed E-state index contributed by atoms with van der Waals surface area (Å²) >= 11 is 5.80. The van der Waals surface area contributed by atoms with E-state index in [0.717, 1.165) is 5.56 Å². The van der Waals surface area contributed by atoms with Crippen LogP contribution in [0.5, 0.6) is 5.75 Å². The number of aromatic nitrogens is 1. The van der Waals surface area contributed by atoms with Crippen molar-refractivity contribution >= 4 is 23.4 Å². The van der Waals surface area contributed by atoms with E-state index >= 15 is 0 Å². The standard InChI is InChI=1S/C15H16ClN3O2/c1-10-3-4-13(7-11(10)2)21-9-18-15(20)19-14-8-12(16)5-6-17-14/h3-8H,9H2,1-2H3,(H2,17,18,19,20). The van der Waals surface area contributed by atoms with Gasteiger partial charge in [-0.25, -0.2) is 9.78 Å². The van der Waals surface area contributed by atoms with Crippen molar-refractivity contribution in [1.29, 1.82) is 0 Å². The van der Waals surface area contributed by atoms with Crippen LogP contribution in [0.15, 0.2) is 36.5 Å². The van der Waals surface area contributed by atoms with E-state index in [1.807, 2.05) is 32.0 Å². The number of rotatable bonds is 4. The average molecular weight is 306 g/mol. The van der Waals surface area contributed by atoms with Crippen LogP contribution in [0.3, 0.4) is 0 Å². The minimum absolute atomic E-state index is 0.0644. The number of pyridine rings is 1. The van der Waals surface area contributed by atoms with Crippen LogP contribution < -0.4 is 15.4 Å². The number of ether oxygens (including phenoxy) is 1. The molecule has 0 atom stereocenters. The van der Waals surface area contributed by atoms with Crippen LogP contribution >= 0.6 is 11.6 Å². The number of carbonyl (C=O) groups is 1. The second-order valence-electron chi connectivity index (χ2n) is 4.52. The lowest BCUT2D eigenvalue weighted by Crippen LogP contribution is -2.32. The predicted octanol–water partition coefficient (Wildman–Crippen LogP) is 3.51. The molecule has 0 bridgehead atoms. The SMILES string of the molecule is Cc1ccc(OCNC(=O)Nc2cc(Cl)ccn2)cc1C. The third-order valence-corrected chi connectivity index (χ3v) is 3.15. The second-order valence-corrected chi connectivity index (χ2v) is 4.96. The maximum absolute atomic E-state index is 11.6. The van der Waals surface area contributed by atoms with E-state index < -0.39 is 6.03 Å². The van der Waals surface area contributed by atoms with E-state index in [-0.39, 0.29) is 6.73 Å². The van der Waals surface area contributed by atoms with Crippen molar-refractivity contribution < 1.29 is 9.53 Å². The van der Waals surface area contributed by atoms with Gasteiger partial charge in [0.05, 0.1) is 0 Å². The van der Waals surface area contributed by atoms with Crippen molar-refractivity contribution in [3.05, 3.63) is 52.7 Å². The van der Waals surface area contributed by atoms with Gasteiger partial charge in [-0.1, -0.05) is 17.7 Å². The summed E-state index contributed by atoms with van der Waals surface area (Å²) < 4.78 is 5.46. The first-order valence-electron chi connectivity index (χ1n) is 6.41. The number of benzene rings is 1. The van der Waals surface area contributed by atoms with E-state index in [1.54, 1.807) is 12.1 Å². The number of halogens is 1. The zero-order valence-electron chi connectivity index (χ0n) is 11.8. The molecule has 1 aromatic carbocycles. The lowest BCUT2D eigenvalue weighted by Gasteiger charge is -2.10. The van der Waals surface area contributed by atoms with Crippen molar-refractivity contribution in [2.45, 2.75) is 13.8 Å². The molecule has 1 heterocycles. The van der Waals surface area contributed by atoms with Crippen LogP contribution in [-0.4, -0.2) is 17.7 Å². The average Bonchev–Trinajstić information content (AvgIpc) is 2.43. The van der Waals surface area contributed by atoms with Crippen molar-refractivity contribution in [3.63, 3.8) is 0 Å². The first-order chi connectivity index (χ1) is 10.0. The van der Waals surface area contributed by atoms with Gasteiger partial charge in [0.25, 0.3) is 0 Å². The topological polar surface area (TPSA) is 63.2 Å². The van der Waals surface area contributed by atoms with Gasteiger partial charge in [0.1, 0.15) is 11.6 Å². The Morgan fingerprint density at radius 2 is 2.05 bits per heavy atom. The molecule has 0 unspecified atom stereocenters. The normalized spacial score (nSPS) is 10.0. The first-order valence-corrected chi connectivity index (χ1v) is 6.79. The Hall–Kier alpha value is -2.27. The molecule has 5 nitrogen and oxygen atoms in total. The summed E-state index contributed by atoms with van der Waals surface area (Å²) in [6.45, 7) is 4.10. The predicted molar refractivity (Wildman–Crippen MR) is 82.8 cm³/mol. The van der Waals surface area contributed by atoms with E-state index in [9.17, 15) is 4.79 Å². The molecule has 1 aromatic heterocycles. The summed E-state index contributed by atoms with van der Waals surface area (Å²) in [5, 5.41) is 5.65. The van der Waals surface area contributed by atoms with Gasteiger partial charge < -0.3 is 10.1 Å². The van der Waals surface area contributed by atoms with Crippen LogP contribution in [0.1, 0.15) is 11.1 Å². The van der Waals surface area contributed by atoms with E-state index in [1.165, 1.54) is 11.8 Å². The molecule has 21 heavy (non-hydrogen) atoms. The number of aryl methyl sites for hydroxylation is 2. The Balaban J connectivity index is 1.80. The van der Waals surface area contributed by atoms with Gasteiger partial charge in [-0.3, -0.25) is 5.32 Å². The summed E-state index contributed by atoms with van der Waals surface area (Å²) in [4.78, 5) is 15.6. The summed E-state index contributed by atoms with van der Waals surface area (Å²) in [5.74, 6) is 1.09. The molecule has 2 amide bonds. The number of urea groups is 1. The van der Waals surface area contributed by atoms with Gasteiger partial charge in [-0.15, -0.1) is 0 Å². The molecule has 2 aromatic rings. The van der Waals surface area contributed by atoms with Gasteiger partial charge in [0.15, 0.2) is 6.73 Å². The highest BCUT2D eigenvalue weighted by Crippen LogP contribution is 2.16. The molecule has 0 aliphatic rings. The summed E-state index contributed by atoms with van der Waals surface area (Å²) in [6, 6.07) is 8.54. The Labute approximate surface area is 128 Å². The quantitative estimate of drug-likeness (QED) is 0.850. The van der Waals surface area contributed by atoms with E-state index in [0.29, 0.717) is 16.6 Å². The molecule has 0 saturated carbocycles. The largest absolute Gasteiger partial charge is 0.473 e. The molecular formula is C15H16ClN3O2. The fourth-order valence-electron chi connectivity index (χ4n) is 1.62. The van der Waals surface area contributed by atoms with Crippen molar-refractivity contribution in [1.82, 2.24) is 10.3 Å². The smallest absolute Gasteiger partial charge is 0.323 e. The molecule has 0 aliphatic heterocycles. The van der Waals surface area contributed by atoms with Crippen LogP contribution in [0, 0.1) is 13.8 Å². The zero-order chi connectivity index (χ0) is 15.2. The molecular weight excluding hydrogens is 290 g/mol. The Morgan fingerprint density at radius 1 is 1.24 bits per heavy atom. The third kappa shape index (κ3) is 4.65. The maximum Gasteiger partial charge on any atom is 0.323 e. The summed E-state index contributed by atoms with van der Waals surface area (Å²) in [6.07, 6.45) is 1.52. The van der Waals surface area contributed by atoms with E-state index in [2.05, 4.69) is 15.6 Å². The minimum atomic E-state index is -0.409. The first kappa shape index (κ1) is 15.1. The Kier molecular flexibility index (Phi) is 5.00. The van der Waals surface area contributed by atoms with Crippen molar-refractivity contribution in [2.75, 3.05) is 12.0 Å². The third-order valence-electron chi connectivity index (χ3n) is 2.91. The molecule has 2 rings (SSSR count). The van der Waals surface area contributed by atoms with Gasteiger partial charge >= 0.3 is 6.03 Å². The fourth-order valence-corrected chi connectivity index (χ4v) is 1.78. The molecule has 0 aliphatic carbocycles. The zero-order valence-corrected chi connectivity index (χ0v) is 12.6. The van der Waals surface area contributed by atoms with Crippen molar-refractivity contribution in [2.24, 2.45) is 0 Å².